The largest absolute Gasteiger partial charge is 0.481 e. The molecular weight excluding hydrogens is 451 g/mol. The summed E-state index contributed by atoms with van der Waals surface area (Å²) in [4.78, 5) is 42.4. The number of fused-ring (bicyclic) bond motifs is 1. The van der Waals surface area contributed by atoms with Gasteiger partial charge in [0.25, 0.3) is 11.8 Å². The highest BCUT2D eigenvalue weighted by atomic mass is 19.1. The number of carbonyl (C=O) groups excluding carboxylic acids is 3. The average Bonchev–Trinajstić information content (AvgIpc) is 3.27. The molecule has 1 aromatic heterocycles. The molecule has 35 heavy (non-hydrogen) atoms. The number of aromatic nitrogens is 1. The zero-order valence-electron chi connectivity index (χ0n) is 20.7. The number of benzene rings is 1. The SMILES string of the molecule is CCN(CC)CCCC(C)NC(=O)COc1ccc(NC(=O)c2c[nH]c3c2C(=O)CCC3)cc1F. The van der Waals surface area contributed by atoms with Gasteiger partial charge in [-0.1, -0.05) is 13.8 Å². The first-order valence-corrected chi connectivity index (χ1v) is 12.3. The first-order valence-electron chi connectivity index (χ1n) is 12.3. The summed E-state index contributed by atoms with van der Waals surface area (Å²) in [5.41, 5.74) is 1.66. The molecule has 0 fully saturated rings. The fourth-order valence-electron chi connectivity index (χ4n) is 4.30. The van der Waals surface area contributed by atoms with Gasteiger partial charge >= 0.3 is 0 Å². The Hall–Kier alpha value is -3.20. The van der Waals surface area contributed by atoms with Gasteiger partial charge in [-0.25, -0.2) is 4.39 Å². The highest BCUT2D eigenvalue weighted by Gasteiger charge is 2.26. The van der Waals surface area contributed by atoms with E-state index in [4.69, 9.17) is 4.74 Å². The number of H-pyrrole nitrogens is 1. The molecule has 3 rings (SSSR count). The molecule has 3 N–H and O–H groups in total. The van der Waals surface area contributed by atoms with Crippen LogP contribution in [-0.2, 0) is 11.2 Å². The molecule has 2 aromatic rings. The number of anilines is 1. The Balaban J connectivity index is 1.48. The van der Waals surface area contributed by atoms with E-state index in [1.165, 1.54) is 18.3 Å². The molecule has 1 heterocycles. The minimum Gasteiger partial charge on any atom is -0.481 e. The second-order valence-corrected chi connectivity index (χ2v) is 8.86. The van der Waals surface area contributed by atoms with Crippen LogP contribution in [0.5, 0.6) is 5.75 Å². The van der Waals surface area contributed by atoms with E-state index in [0.29, 0.717) is 12.0 Å². The maximum Gasteiger partial charge on any atom is 0.258 e. The van der Waals surface area contributed by atoms with Gasteiger partial charge in [-0.2, -0.15) is 0 Å². The zero-order chi connectivity index (χ0) is 25.4. The number of nitrogens with zero attached hydrogens (tertiary/aromatic N) is 1. The van der Waals surface area contributed by atoms with Crippen LogP contribution in [0.25, 0.3) is 0 Å². The number of aryl methyl sites for hydroxylation is 1. The molecule has 8 nitrogen and oxygen atoms in total. The average molecular weight is 487 g/mol. The van der Waals surface area contributed by atoms with Gasteiger partial charge in [0.1, 0.15) is 0 Å². The minimum absolute atomic E-state index is 0.00449. The first kappa shape index (κ1) is 26.4. The van der Waals surface area contributed by atoms with Crippen LogP contribution in [0, 0.1) is 5.82 Å². The third-order valence-electron chi connectivity index (χ3n) is 6.28. The number of hydrogen-bond donors (Lipinski definition) is 3. The molecule has 0 radical (unpaired) electrons. The standard InChI is InChI=1S/C26H35FN4O4/c1-4-31(5-2)13-7-8-17(3)29-24(33)16-35-23-12-11-18(14-20(23)27)30-26(34)19-15-28-21-9-6-10-22(32)25(19)21/h11-12,14-15,17,28H,4-10,13,16H2,1-3H3,(H,29,33)(H,30,34). The van der Waals surface area contributed by atoms with E-state index in [0.717, 1.165) is 57.1 Å². The second-order valence-electron chi connectivity index (χ2n) is 8.86. The van der Waals surface area contributed by atoms with Crippen molar-refractivity contribution >= 4 is 23.3 Å². The summed E-state index contributed by atoms with van der Waals surface area (Å²) in [6.07, 6.45) is 5.23. The Kier molecular flexibility index (Phi) is 9.42. The fourth-order valence-corrected chi connectivity index (χ4v) is 4.30. The highest BCUT2D eigenvalue weighted by molar-refractivity contribution is 6.13. The van der Waals surface area contributed by atoms with Crippen molar-refractivity contribution in [1.29, 1.82) is 0 Å². The molecule has 1 unspecified atom stereocenters. The van der Waals surface area contributed by atoms with Crippen LogP contribution in [0.1, 0.15) is 72.9 Å². The first-order chi connectivity index (χ1) is 16.8. The van der Waals surface area contributed by atoms with E-state index in [1.54, 1.807) is 0 Å². The summed E-state index contributed by atoms with van der Waals surface area (Å²) >= 11 is 0. The van der Waals surface area contributed by atoms with E-state index < -0.39 is 11.7 Å². The number of ketones is 1. The summed E-state index contributed by atoms with van der Waals surface area (Å²) in [7, 11) is 0. The lowest BCUT2D eigenvalue weighted by Crippen LogP contribution is -2.36. The van der Waals surface area contributed by atoms with Crippen molar-refractivity contribution in [2.24, 2.45) is 0 Å². The van der Waals surface area contributed by atoms with Gasteiger partial charge in [0.05, 0.1) is 11.1 Å². The molecule has 1 aliphatic carbocycles. The molecule has 0 aliphatic heterocycles. The number of rotatable bonds is 12. The second kappa shape index (κ2) is 12.5. The number of amides is 2. The Labute approximate surface area is 205 Å². The molecule has 0 spiro atoms. The van der Waals surface area contributed by atoms with Crippen molar-refractivity contribution in [1.82, 2.24) is 15.2 Å². The van der Waals surface area contributed by atoms with Crippen LogP contribution in [0.15, 0.2) is 24.4 Å². The zero-order valence-corrected chi connectivity index (χ0v) is 20.7. The topological polar surface area (TPSA) is 104 Å². The summed E-state index contributed by atoms with van der Waals surface area (Å²) in [5, 5.41) is 5.49. The highest BCUT2D eigenvalue weighted by Crippen LogP contribution is 2.26. The Morgan fingerprint density at radius 3 is 2.71 bits per heavy atom. The molecule has 2 amide bonds. The van der Waals surface area contributed by atoms with Gasteiger partial charge in [0, 0.05) is 36.1 Å². The van der Waals surface area contributed by atoms with Crippen LogP contribution in [-0.4, -0.2) is 59.8 Å². The van der Waals surface area contributed by atoms with Crippen molar-refractivity contribution in [2.75, 3.05) is 31.6 Å². The third kappa shape index (κ3) is 7.14. The van der Waals surface area contributed by atoms with Gasteiger partial charge in [-0.05, 0) is 64.4 Å². The van der Waals surface area contributed by atoms with Gasteiger partial charge < -0.3 is 25.3 Å². The van der Waals surface area contributed by atoms with Crippen molar-refractivity contribution < 1.29 is 23.5 Å². The van der Waals surface area contributed by atoms with E-state index >= 15 is 0 Å². The lowest BCUT2D eigenvalue weighted by Gasteiger charge is -2.19. The molecule has 0 saturated heterocycles. The van der Waals surface area contributed by atoms with Crippen LogP contribution in [0.4, 0.5) is 10.1 Å². The van der Waals surface area contributed by atoms with E-state index in [-0.39, 0.29) is 41.3 Å². The summed E-state index contributed by atoms with van der Waals surface area (Å²) < 4.78 is 19.9. The number of halogens is 1. The quantitative estimate of drug-likeness (QED) is 0.422. The Bertz CT molecular complexity index is 1050. The van der Waals surface area contributed by atoms with Gasteiger partial charge in [0.2, 0.25) is 0 Å². The van der Waals surface area contributed by atoms with Crippen LogP contribution in [0.2, 0.25) is 0 Å². The van der Waals surface area contributed by atoms with E-state index in [1.807, 2.05) is 6.92 Å². The molecule has 0 bridgehead atoms. The van der Waals surface area contributed by atoms with E-state index in [9.17, 15) is 18.8 Å². The predicted octanol–water partition coefficient (Wildman–Crippen LogP) is 3.93. The molecule has 9 heteroatoms. The normalized spacial score (nSPS) is 13.9. The van der Waals surface area contributed by atoms with Gasteiger partial charge in [-0.3, -0.25) is 14.4 Å². The van der Waals surface area contributed by atoms with Gasteiger partial charge in [0.15, 0.2) is 24.0 Å². The number of aromatic amines is 1. The lowest BCUT2D eigenvalue weighted by molar-refractivity contribution is -0.123. The monoisotopic (exact) mass is 486 g/mol. The lowest BCUT2D eigenvalue weighted by atomic mass is 9.93. The summed E-state index contributed by atoms with van der Waals surface area (Å²) in [6.45, 7) is 8.89. The Morgan fingerprint density at radius 2 is 2.00 bits per heavy atom. The number of carbonyl (C=O) groups is 3. The van der Waals surface area contributed by atoms with Crippen molar-refractivity contribution in [2.45, 2.75) is 58.9 Å². The van der Waals surface area contributed by atoms with Crippen molar-refractivity contribution in [3.05, 3.63) is 47.0 Å². The van der Waals surface area contributed by atoms with E-state index in [2.05, 4.69) is 34.4 Å². The number of ether oxygens (including phenoxy) is 1. The molecule has 1 aliphatic rings. The maximum atomic E-state index is 14.5. The Morgan fingerprint density at radius 1 is 1.23 bits per heavy atom. The number of Topliss-reactive ketones (excluding diaryl/α,β-unsaturated/α-hetero) is 1. The third-order valence-corrected chi connectivity index (χ3v) is 6.28. The van der Waals surface area contributed by atoms with Gasteiger partial charge in [-0.15, -0.1) is 0 Å². The van der Waals surface area contributed by atoms with Crippen molar-refractivity contribution in [3.63, 3.8) is 0 Å². The maximum absolute atomic E-state index is 14.5. The predicted molar refractivity (Wildman–Crippen MR) is 133 cm³/mol. The molecule has 190 valence electrons. The van der Waals surface area contributed by atoms with Crippen molar-refractivity contribution in [3.8, 4) is 5.75 Å². The number of nitrogens with one attached hydrogen (secondary N) is 3. The summed E-state index contributed by atoms with van der Waals surface area (Å²) in [5.74, 6) is -1.65. The molecular formula is C26H35FN4O4. The smallest absolute Gasteiger partial charge is 0.258 e. The number of hydrogen-bond acceptors (Lipinski definition) is 5. The van der Waals surface area contributed by atoms with Crippen LogP contribution >= 0.6 is 0 Å². The molecule has 1 atom stereocenters. The minimum atomic E-state index is -0.699. The van der Waals surface area contributed by atoms with Crippen LogP contribution in [0.3, 0.4) is 0 Å². The summed E-state index contributed by atoms with van der Waals surface area (Å²) in [6, 6.07) is 3.98. The van der Waals surface area contributed by atoms with Crippen LogP contribution < -0.4 is 15.4 Å². The molecule has 0 saturated carbocycles. The fraction of sp³-hybridized carbons (Fsp3) is 0.500. The molecule has 1 aromatic carbocycles.